The molecule has 0 saturated carbocycles. The lowest BCUT2D eigenvalue weighted by atomic mass is 10.2. The lowest BCUT2D eigenvalue weighted by Gasteiger charge is -2.15. The van der Waals surface area contributed by atoms with Gasteiger partial charge >= 0.3 is 11.9 Å². The summed E-state index contributed by atoms with van der Waals surface area (Å²) in [5.41, 5.74) is 0. The number of carboxylic acid groups (broad SMARTS) is 1. The Morgan fingerprint density at radius 3 is 2.42 bits per heavy atom. The van der Waals surface area contributed by atoms with E-state index in [1.165, 1.54) is 6.92 Å². The quantitative estimate of drug-likeness (QED) is 0.229. The van der Waals surface area contributed by atoms with Crippen molar-refractivity contribution in [3.63, 3.8) is 0 Å². The van der Waals surface area contributed by atoms with Gasteiger partial charge in [-0.05, 0) is 6.92 Å². The number of hydrogen-bond acceptors (Lipinski definition) is 6. The van der Waals surface area contributed by atoms with Crippen LogP contribution in [0.4, 0.5) is 0 Å². The molecule has 0 aliphatic carbocycles. The Labute approximate surface area is 110 Å². The first-order valence-electron chi connectivity index (χ1n) is 5.79. The summed E-state index contributed by atoms with van der Waals surface area (Å²) in [5, 5.41) is 24.0. The zero-order valence-electron chi connectivity index (χ0n) is 11.4. The fourth-order valence-electron chi connectivity index (χ4n) is 0.929. The number of nitrogens with zero attached hydrogens (tertiary/aromatic N) is 3. The Balaban J connectivity index is 4.36. The Morgan fingerprint density at radius 1 is 1.42 bits per heavy atom. The number of carboxylic acids is 1. The van der Waals surface area contributed by atoms with Gasteiger partial charge in [0.2, 0.25) is 5.28 Å². The molecule has 19 heavy (non-hydrogen) atoms. The fraction of sp³-hybridized carbons (Fsp3) is 0.800. The number of carbonyl (C=O) groups is 2. The molecule has 0 aliphatic heterocycles. The van der Waals surface area contributed by atoms with Crippen molar-refractivity contribution in [2.75, 3.05) is 13.1 Å². The highest BCUT2D eigenvalue weighted by atomic mass is 16.8. The van der Waals surface area contributed by atoms with Crippen LogP contribution in [-0.2, 0) is 19.2 Å². The zero-order chi connectivity index (χ0) is 15.0. The van der Waals surface area contributed by atoms with Crippen molar-refractivity contribution in [3.05, 3.63) is 5.21 Å². The Hall–Kier alpha value is -2.06. The molecule has 1 unspecified atom stereocenters. The number of carbonyl (C=O) groups excluding carboxylic acids is 1. The van der Waals surface area contributed by atoms with Gasteiger partial charge in [0.25, 0.3) is 6.29 Å². The van der Waals surface area contributed by atoms with Gasteiger partial charge in [0, 0.05) is 6.92 Å². The molecule has 0 rings (SSSR count). The summed E-state index contributed by atoms with van der Waals surface area (Å²) in [6, 6.07) is 0. The maximum atomic E-state index is 11.4. The molecule has 0 saturated heterocycles. The molecule has 9 nitrogen and oxygen atoms in total. The number of likely N-dealkylation sites (N-methyl/N-ethyl adjacent to an activating group) is 1. The molecule has 0 aliphatic rings. The average Bonchev–Trinajstić information content (AvgIpc) is 2.32. The number of aliphatic carboxylic acids is 1. The van der Waals surface area contributed by atoms with E-state index < -0.39 is 24.8 Å². The molecular weight excluding hydrogens is 258 g/mol. The van der Waals surface area contributed by atoms with Crippen LogP contribution in [0.15, 0.2) is 5.28 Å². The number of rotatable bonds is 8. The van der Waals surface area contributed by atoms with Gasteiger partial charge in [-0.1, -0.05) is 13.8 Å². The van der Waals surface area contributed by atoms with Gasteiger partial charge in [-0.3, -0.25) is 14.4 Å². The van der Waals surface area contributed by atoms with E-state index in [4.69, 9.17) is 9.84 Å². The standard InChI is InChI=1S/C10H19N3O6/c1-5-12(6-9(14)15)13(17)11-19-8(4)18-10(16)7(2)3/h7-8H,5-6H2,1-4H3,(H,14,15)/b13-11-. The maximum Gasteiger partial charge on any atom is 0.329 e. The molecule has 0 aromatic rings. The van der Waals surface area contributed by atoms with Gasteiger partial charge in [0.15, 0.2) is 6.54 Å². The summed E-state index contributed by atoms with van der Waals surface area (Å²) >= 11 is 0. The SMILES string of the molecule is CCN(CC(=O)O)/[N+]([O-])=N/OC(C)OC(=O)C(C)C. The summed E-state index contributed by atoms with van der Waals surface area (Å²) in [6.45, 7) is 5.92. The molecule has 0 amide bonds. The topological polar surface area (TPSA) is 114 Å². The third-order valence-electron chi connectivity index (χ3n) is 1.94. The summed E-state index contributed by atoms with van der Waals surface area (Å²) in [6.07, 6.45) is -1.03. The van der Waals surface area contributed by atoms with Gasteiger partial charge < -0.3 is 15.1 Å². The van der Waals surface area contributed by atoms with Crippen molar-refractivity contribution in [2.45, 2.75) is 34.0 Å². The highest BCUT2D eigenvalue weighted by Crippen LogP contribution is 2.02. The van der Waals surface area contributed by atoms with E-state index in [1.54, 1.807) is 20.8 Å². The number of hydrazine groups is 1. The summed E-state index contributed by atoms with van der Waals surface area (Å²) in [5.74, 6) is -1.98. The lowest BCUT2D eigenvalue weighted by Crippen LogP contribution is -2.35. The first kappa shape index (κ1) is 16.9. The molecule has 0 spiro atoms. The van der Waals surface area contributed by atoms with Crippen LogP contribution >= 0.6 is 0 Å². The first-order chi connectivity index (χ1) is 8.77. The van der Waals surface area contributed by atoms with Crippen molar-refractivity contribution in [2.24, 2.45) is 11.2 Å². The number of ether oxygens (including phenoxy) is 1. The van der Waals surface area contributed by atoms with Crippen LogP contribution in [0.2, 0.25) is 0 Å². The number of hydrogen-bond donors (Lipinski definition) is 1. The average molecular weight is 277 g/mol. The number of esters is 1. The van der Waals surface area contributed by atoms with Gasteiger partial charge in [0.1, 0.15) is 0 Å². The van der Waals surface area contributed by atoms with Crippen molar-refractivity contribution in [3.8, 4) is 0 Å². The predicted octanol–water partition coefficient (Wildman–Crippen LogP) is 0.747. The van der Waals surface area contributed by atoms with Crippen molar-refractivity contribution < 1.29 is 29.2 Å². The highest BCUT2D eigenvalue weighted by molar-refractivity contribution is 5.71. The minimum Gasteiger partial charge on any atom is -0.569 e. The van der Waals surface area contributed by atoms with E-state index in [2.05, 4.69) is 10.1 Å². The summed E-state index contributed by atoms with van der Waals surface area (Å²) < 4.78 is 4.80. The van der Waals surface area contributed by atoms with Crippen molar-refractivity contribution in [1.29, 1.82) is 0 Å². The van der Waals surface area contributed by atoms with Crippen LogP contribution < -0.4 is 0 Å². The summed E-state index contributed by atoms with van der Waals surface area (Å²) in [7, 11) is 0. The molecule has 9 heteroatoms. The Bertz CT molecular complexity index is 344. The van der Waals surface area contributed by atoms with Gasteiger partial charge in [-0.15, -0.1) is 5.01 Å². The molecule has 0 aromatic heterocycles. The maximum absolute atomic E-state index is 11.4. The minimum absolute atomic E-state index is 0.00777. The molecule has 1 N–H and O–H groups in total. The van der Waals surface area contributed by atoms with Crippen LogP contribution in [0.5, 0.6) is 0 Å². The fourth-order valence-corrected chi connectivity index (χ4v) is 0.929. The predicted molar refractivity (Wildman–Crippen MR) is 62.4 cm³/mol. The van der Waals surface area contributed by atoms with Crippen LogP contribution in [0, 0.1) is 11.1 Å². The highest BCUT2D eigenvalue weighted by Gasteiger charge is 2.17. The molecule has 0 radical (unpaired) electrons. The van der Waals surface area contributed by atoms with Crippen LogP contribution in [0.1, 0.15) is 27.7 Å². The molecule has 0 heterocycles. The molecule has 0 bridgehead atoms. The molecule has 110 valence electrons. The van der Waals surface area contributed by atoms with Gasteiger partial charge in [-0.2, -0.15) is 0 Å². The van der Waals surface area contributed by atoms with Gasteiger partial charge in [0.05, 0.1) is 17.4 Å². The van der Waals surface area contributed by atoms with E-state index in [0.717, 1.165) is 5.01 Å². The third-order valence-corrected chi connectivity index (χ3v) is 1.94. The van der Waals surface area contributed by atoms with E-state index in [1.807, 2.05) is 0 Å². The van der Waals surface area contributed by atoms with E-state index in [9.17, 15) is 14.8 Å². The molecule has 0 aromatic carbocycles. The van der Waals surface area contributed by atoms with Gasteiger partial charge in [-0.25, -0.2) is 0 Å². The van der Waals surface area contributed by atoms with Crippen molar-refractivity contribution >= 4 is 11.9 Å². The monoisotopic (exact) mass is 277 g/mol. The van der Waals surface area contributed by atoms with E-state index in [-0.39, 0.29) is 17.4 Å². The van der Waals surface area contributed by atoms with E-state index >= 15 is 0 Å². The van der Waals surface area contributed by atoms with Crippen molar-refractivity contribution in [1.82, 2.24) is 5.01 Å². The second-order valence-corrected chi connectivity index (χ2v) is 3.97. The molecular formula is C10H19N3O6. The third kappa shape index (κ3) is 7.06. The Morgan fingerprint density at radius 2 is 2.00 bits per heavy atom. The van der Waals surface area contributed by atoms with Crippen LogP contribution in [0.25, 0.3) is 0 Å². The zero-order valence-corrected chi connectivity index (χ0v) is 11.4. The second kappa shape index (κ2) is 8.11. The summed E-state index contributed by atoms with van der Waals surface area (Å²) in [4.78, 5) is 26.3. The van der Waals surface area contributed by atoms with E-state index in [0.29, 0.717) is 0 Å². The van der Waals surface area contributed by atoms with Crippen LogP contribution in [0.3, 0.4) is 0 Å². The Kier molecular flexibility index (Phi) is 7.23. The smallest absolute Gasteiger partial charge is 0.329 e. The first-order valence-corrected chi connectivity index (χ1v) is 5.79. The van der Waals surface area contributed by atoms with Crippen LogP contribution in [-0.4, -0.2) is 46.4 Å². The molecule has 1 atom stereocenters. The lowest BCUT2D eigenvalue weighted by molar-refractivity contribution is -0.710. The normalized spacial score (nSPS) is 13.0. The minimum atomic E-state index is -1.17. The largest absolute Gasteiger partial charge is 0.569 e. The second-order valence-electron chi connectivity index (χ2n) is 3.97. The molecule has 0 fully saturated rings.